The first-order valence-corrected chi connectivity index (χ1v) is 7.09. The molecular formula is C17H18N2O3. The number of rotatable bonds is 5. The Morgan fingerprint density at radius 1 is 1.00 bits per heavy atom. The van der Waals surface area contributed by atoms with Gasteiger partial charge in [0, 0.05) is 17.8 Å². The Kier molecular flexibility index (Phi) is 5.14. The summed E-state index contributed by atoms with van der Waals surface area (Å²) >= 11 is 0. The molecule has 0 bridgehead atoms. The molecule has 0 spiro atoms. The molecule has 114 valence electrons. The number of benzene rings is 2. The minimum atomic E-state index is -0.402. The van der Waals surface area contributed by atoms with Crippen molar-refractivity contribution in [2.45, 2.75) is 13.3 Å². The lowest BCUT2D eigenvalue weighted by atomic mass is 10.1. The number of phenols is 1. The molecule has 0 atom stereocenters. The Hall–Kier alpha value is -2.82. The van der Waals surface area contributed by atoms with Crippen molar-refractivity contribution in [3.05, 3.63) is 59.7 Å². The zero-order chi connectivity index (χ0) is 15.9. The van der Waals surface area contributed by atoms with Gasteiger partial charge in [0.15, 0.2) is 0 Å². The third kappa shape index (κ3) is 3.85. The van der Waals surface area contributed by atoms with Crippen LogP contribution in [0.5, 0.6) is 5.75 Å². The van der Waals surface area contributed by atoms with Crippen LogP contribution < -0.4 is 10.6 Å². The zero-order valence-corrected chi connectivity index (χ0v) is 12.3. The molecule has 2 amide bonds. The molecule has 0 aliphatic rings. The highest BCUT2D eigenvalue weighted by Gasteiger charge is 2.11. The average Bonchev–Trinajstić information content (AvgIpc) is 2.53. The van der Waals surface area contributed by atoms with E-state index in [1.165, 1.54) is 12.1 Å². The van der Waals surface area contributed by atoms with Gasteiger partial charge in [0.25, 0.3) is 11.8 Å². The van der Waals surface area contributed by atoms with Gasteiger partial charge in [0.05, 0.1) is 5.56 Å². The molecule has 0 fully saturated rings. The summed E-state index contributed by atoms with van der Waals surface area (Å²) in [4.78, 5) is 23.8. The molecule has 0 saturated heterocycles. The predicted molar refractivity (Wildman–Crippen MR) is 85.1 cm³/mol. The molecule has 0 unspecified atom stereocenters. The van der Waals surface area contributed by atoms with Crippen LogP contribution in [0.3, 0.4) is 0 Å². The Balaban J connectivity index is 2.04. The predicted octanol–water partition coefficient (Wildman–Crippen LogP) is 2.78. The van der Waals surface area contributed by atoms with Crippen LogP contribution in [0.25, 0.3) is 0 Å². The highest BCUT2D eigenvalue weighted by molar-refractivity contribution is 6.06. The summed E-state index contributed by atoms with van der Waals surface area (Å²) in [7, 11) is 0. The van der Waals surface area contributed by atoms with Gasteiger partial charge in [-0.15, -0.1) is 0 Å². The van der Waals surface area contributed by atoms with Gasteiger partial charge in [0.2, 0.25) is 0 Å². The van der Waals surface area contributed by atoms with E-state index < -0.39 is 5.91 Å². The van der Waals surface area contributed by atoms with Gasteiger partial charge in [-0.1, -0.05) is 19.1 Å². The lowest BCUT2D eigenvalue weighted by Crippen LogP contribution is -2.23. The maximum absolute atomic E-state index is 12.0. The van der Waals surface area contributed by atoms with Crippen molar-refractivity contribution in [2.24, 2.45) is 0 Å². The van der Waals surface area contributed by atoms with E-state index in [0.29, 0.717) is 17.8 Å². The average molecular weight is 298 g/mol. The lowest BCUT2D eigenvalue weighted by molar-refractivity contribution is 0.0953. The van der Waals surface area contributed by atoms with Gasteiger partial charge in [-0.3, -0.25) is 9.59 Å². The number of phenolic OH excluding ortho intramolecular Hbond substituents is 1. The summed E-state index contributed by atoms with van der Waals surface area (Å²) in [6.45, 7) is 2.61. The van der Waals surface area contributed by atoms with E-state index in [4.69, 9.17) is 0 Å². The van der Waals surface area contributed by atoms with E-state index in [1.54, 1.807) is 36.4 Å². The molecule has 0 heterocycles. The molecule has 5 heteroatoms. The van der Waals surface area contributed by atoms with E-state index in [-0.39, 0.29) is 17.2 Å². The first-order valence-electron chi connectivity index (χ1n) is 7.09. The van der Waals surface area contributed by atoms with E-state index in [0.717, 1.165) is 6.42 Å². The molecule has 0 aliphatic heterocycles. The van der Waals surface area contributed by atoms with Crippen LogP contribution in [0.4, 0.5) is 5.69 Å². The Morgan fingerprint density at radius 2 is 1.68 bits per heavy atom. The van der Waals surface area contributed by atoms with E-state index >= 15 is 0 Å². The van der Waals surface area contributed by atoms with Crippen LogP contribution in [0, 0.1) is 0 Å². The standard InChI is InChI=1S/C17H18N2O3/c1-2-11-18-16(21)12-7-9-13(10-8-12)19-17(22)14-5-3-4-6-15(14)20/h3-10,20H,2,11H2,1H3,(H,18,21)(H,19,22). The Morgan fingerprint density at radius 3 is 2.32 bits per heavy atom. The number of aromatic hydroxyl groups is 1. The minimum absolute atomic E-state index is 0.0736. The molecule has 0 aromatic heterocycles. The summed E-state index contributed by atoms with van der Waals surface area (Å²) in [6, 6.07) is 12.9. The first kappa shape index (κ1) is 15.6. The zero-order valence-electron chi connectivity index (χ0n) is 12.3. The Labute approximate surface area is 129 Å². The van der Waals surface area contributed by atoms with E-state index in [9.17, 15) is 14.7 Å². The SMILES string of the molecule is CCCNC(=O)c1ccc(NC(=O)c2ccccc2O)cc1. The first-order chi connectivity index (χ1) is 10.6. The van der Waals surface area contributed by atoms with Gasteiger partial charge < -0.3 is 15.7 Å². The normalized spacial score (nSPS) is 10.0. The smallest absolute Gasteiger partial charge is 0.259 e. The van der Waals surface area contributed by atoms with Crippen molar-refractivity contribution in [2.75, 3.05) is 11.9 Å². The van der Waals surface area contributed by atoms with Crippen molar-refractivity contribution in [3.63, 3.8) is 0 Å². The highest BCUT2D eigenvalue weighted by Crippen LogP contribution is 2.18. The fourth-order valence-electron chi connectivity index (χ4n) is 1.91. The molecule has 5 nitrogen and oxygen atoms in total. The van der Waals surface area contributed by atoms with Gasteiger partial charge in [0.1, 0.15) is 5.75 Å². The van der Waals surface area contributed by atoms with E-state index in [2.05, 4.69) is 10.6 Å². The van der Waals surface area contributed by atoms with Gasteiger partial charge >= 0.3 is 0 Å². The van der Waals surface area contributed by atoms with Crippen LogP contribution >= 0.6 is 0 Å². The maximum atomic E-state index is 12.0. The fourth-order valence-corrected chi connectivity index (χ4v) is 1.91. The van der Waals surface area contributed by atoms with Crippen LogP contribution in [0.1, 0.15) is 34.1 Å². The van der Waals surface area contributed by atoms with Crippen LogP contribution in [-0.2, 0) is 0 Å². The van der Waals surface area contributed by atoms with Crippen molar-refractivity contribution < 1.29 is 14.7 Å². The summed E-state index contributed by atoms with van der Waals surface area (Å²) in [5, 5.41) is 15.1. The monoisotopic (exact) mass is 298 g/mol. The van der Waals surface area contributed by atoms with Crippen molar-refractivity contribution >= 4 is 17.5 Å². The Bertz CT molecular complexity index is 666. The molecule has 3 N–H and O–H groups in total. The second-order valence-electron chi connectivity index (χ2n) is 4.80. The summed E-state index contributed by atoms with van der Waals surface area (Å²) < 4.78 is 0. The largest absolute Gasteiger partial charge is 0.507 e. The maximum Gasteiger partial charge on any atom is 0.259 e. The molecule has 0 aliphatic carbocycles. The lowest BCUT2D eigenvalue weighted by Gasteiger charge is -2.08. The van der Waals surface area contributed by atoms with Crippen LogP contribution in [0.15, 0.2) is 48.5 Å². The number of anilines is 1. The number of nitrogens with one attached hydrogen (secondary N) is 2. The fraction of sp³-hybridized carbons (Fsp3) is 0.176. The number of para-hydroxylation sites is 1. The van der Waals surface area contributed by atoms with Crippen molar-refractivity contribution in [3.8, 4) is 5.75 Å². The van der Waals surface area contributed by atoms with Crippen LogP contribution in [0.2, 0.25) is 0 Å². The molecule has 0 saturated carbocycles. The topological polar surface area (TPSA) is 78.4 Å². The molecule has 22 heavy (non-hydrogen) atoms. The summed E-state index contributed by atoms with van der Waals surface area (Å²) in [6.07, 6.45) is 0.875. The van der Waals surface area contributed by atoms with Gasteiger partial charge in [-0.25, -0.2) is 0 Å². The molecule has 2 rings (SSSR count). The molecule has 2 aromatic rings. The quantitative estimate of drug-likeness (QED) is 0.794. The summed E-state index contributed by atoms with van der Waals surface area (Å²) in [5.41, 5.74) is 1.29. The number of amides is 2. The molecule has 2 aromatic carbocycles. The van der Waals surface area contributed by atoms with Gasteiger partial charge in [-0.2, -0.15) is 0 Å². The second-order valence-corrected chi connectivity index (χ2v) is 4.80. The molecular weight excluding hydrogens is 280 g/mol. The third-order valence-electron chi connectivity index (χ3n) is 3.09. The van der Waals surface area contributed by atoms with Crippen LogP contribution in [-0.4, -0.2) is 23.5 Å². The van der Waals surface area contributed by atoms with E-state index in [1.807, 2.05) is 6.92 Å². The summed E-state index contributed by atoms with van der Waals surface area (Å²) in [5.74, 6) is -0.614. The number of carbonyl (C=O) groups is 2. The number of carbonyl (C=O) groups excluding carboxylic acids is 2. The second kappa shape index (κ2) is 7.26. The third-order valence-corrected chi connectivity index (χ3v) is 3.09. The van der Waals surface area contributed by atoms with Crippen molar-refractivity contribution in [1.82, 2.24) is 5.32 Å². The van der Waals surface area contributed by atoms with Gasteiger partial charge in [-0.05, 0) is 42.8 Å². The minimum Gasteiger partial charge on any atom is -0.507 e. The highest BCUT2D eigenvalue weighted by atomic mass is 16.3. The molecule has 0 radical (unpaired) electrons. The number of hydrogen-bond donors (Lipinski definition) is 3. The number of hydrogen-bond acceptors (Lipinski definition) is 3. The van der Waals surface area contributed by atoms with Crippen molar-refractivity contribution in [1.29, 1.82) is 0 Å².